The first-order chi connectivity index (χ1) is 11.9. The number of halogens is 1. The highest BCUT2D eigenvalue weighted by atomic mass is 19.1. The topological polar surface area (TPSA) is 67.4 Å². The molecule has 0 unspecified atom stereocenters. The number of hydrazine groups is 1. The highest BCUT2D eigenvalue weighted by Crippen LogP contribution is 2.15. The van der Waals surface area contributed by atoms with Crippen LogP contribution in [0.15, 0.2) is 48.5 Å². The standard InChI is InChI=1S/C19H21FN2O3/c1-12(2)14-4-6-15(7-5-14)19(24)22-21-18(23)13(3)25-17-10-8-16(20)9-11-17/h4-13H,1-3H3,(H,21,23)(H,22,24)/t13-/m0/s1. The van der Waals surface area contributed by atoms with Gasteiger partial charge in [-0.15, -0.1) is 0 Å². The summed E-state index contributed by atoms with van der Waals surface area (Å²) in [6, 6.07) is 12.5. The molecule has 0 saturated heterocycles. The summed E-state index contributed by atoms with van der Waals surface area (Å²) in [4.78, 5) is 24.0. The fourth-order valence-electron chi connectivity index (χ4n) is 2.08. The van der Waals surface area contributed by atoms with E-state index in [0.717, 1.165) is 5.56 Å². The lowest BCUT2D eigenvalue weighted by Gasteiger charge is -2.15. The Morgan fingerprint density at radius 1 is 0.920 bits per heavy atom. The number of amides is 2. The summed E-state index contributed by atoms with van der Waals surface area (Å²) in [5.41, 5.74) is 6.23. The summed E-state index contributed by atoms with van der Waals surface area (Å²) in [5, 5.41) is 0. The van der Waals surface area contributed by atoms with E-state index in [2.05, 4.69) is 24.7 Å². The van der Waals surface area contributed by atoms with Gasteiger partial charge in [-0.3, -0.25) is 20.4 Å². The van der Waals surface area contributed by atoms with Gasteiger partial charge in [-0.2, -0.15) is 0 Å². The molecule has 0 aliphatic heterocycles. The quantitative estimate of drug-likeness (QED) is 0.819. The van der Waals surface area contributed by atoms with Crippen LogP contribution < -0.4 is 15.6 Å². The average molecular weight is 344 g/mol. The first-order valence-electron chi connectivity index (χ1n) is 7.99. The number of carbonyl (C=O) groups excluding carboxylic acids is 2. The first kappa shape index (κ1) is 18.4. The number of nitrogens with one attached hydrogen (secondary N) is 2. The molecular weight excluding hydrogens is 323 g/mol. The maximum Gasteiger partial charge on any atom is 0.279 e. The predicted octanol–water partition coefficient (Wildman–Crippen LogP) is 3.18. The van der Waals surface area contributed by atoms with Gasteiger partial charge in [-0.1, -0.05) is 26.0 Å². The van der Waals surface area contributed by atoms with Gasteiger partial charge in [-0.25, -0.2) is 4.39 Å². The molecule has 0 aliphatic rings. The zero-order valence-electron chi connectivity index (χ0n) is 14.4. The summed E-state index contributed by atoms with van der Waals surface area (Å²) in [7, 11) is 0. The number of carbonyl (C=O) groups is 2. The molecule has 1 atom stereocenters. The molecule has 2 N–H and O–H groups in total. The minimum atomic E-state index is -0.853. The molecule has 0 saturated carbocycles. The minimum Gasteiger partial charge on any atom is -0.481 e. The van der Waals surface area contributed by atoms with Crippen LogP contribution in [0.3, 0.4) is 0 Å². The number of rotatable bonds is 5. The van der Waals surface area contributed by atoms with Crippen LogP contribution in [0.1, 0.15) is 42.6 Å². The third-order valence-corrected chi connectivity index (χ3v) is 3.63. The van der Waals surface area contributed by atoms with Gasteiger partial charge >= 0.3 is 0 Å². The molecule has 0 heterocycles. The van der Waals surface area contributed by atoms with Gasteiger partial charge in [0, 0.05) is 5.56 Å². The van der Waals surface area contributed by atoms with Crippen molar-refractivity contribution >= 4 is 11.8 Å². The van der Waals surface area contributed by atoms with E-state index in [4.69, 9.17) is 4.74 Å². The predicted molar refractivity (Wildman–Crippen MR) is 92.6 cm³/mol. The van der Waals surface area contributed by atoms with Gasteiger partial charge in [-0.05, 0) is 54.8 Å². The summed E-state index contributed by atoms with van der Waals surface area (Å²) < 4.78 is 18.2. The monoisotopic (exact) mass is 344 g/mol. The van der Waals surface area contributed by atoms with Crippen LogP contribution in [0.25, 0.3) is 0 Å². The number of hydrogen-bond donors (Lipinski definition) is 2. The summed E-state index contributed by atoms with van der Waals surface area (Å²) >= 11 is 0. The third-order valence-electron chi connectivity index (χ3n) is 3.63. The van der Waals surface area contributed by atoms with Crippen molar-refractivity contribution in [2.45, 2.75) is 32.8 Å². The van der Waals surface area contributed by atoms with Crippen molar-refractivity contribution < 1.29 is 18.7 Å². The lowest BCUT2D eigenvalue weighted by molar-refractivity contribution is -0.128. The smallest absolute Gasteiger partial charge is 0.279 e. The van der Waals surface area contributed by atoms with E-state index in [-0.39, 0.29) is 5.82 Å². The largest absolute Gasteiger partial charge is 0.481 e. The molecule has 6 heteroatoms. The molecule has 0 spiro atoms. The van der Waals surface area contributed by atoms with Crippen LogP contribution in [0, 0.1) is 5.82 Å². The molecule has 0 bridgehead atoms. The minimum absolute atomic E-state index is 0.361. The van der Waals surface area contributed by atoms with Crippen molar-refractivity contribution in [3.05, 3.63) is 65.5 Å². The van der Waals surface area contributed by atoms with Crippen LogP contribution >= 0.6 is 0 Å². The highest BCUT2D eigenvalue weighted by Gasteiger charge is 2.16. The molecule has 2 rings (SSSR count). The molecule has 25 heavy (non-hydrogen) atoms. The second-order valence-corrected chi connectivity index (χ2v) is 5.93. The SMILES string of the molecule is CC(C)c1ccc(C(=O)NNC(=O)[C@H](C)Oc2ccc(F)cc2)cc1. The fourth-order valence-corrected chi connectivity index (χ4v) is 2.08. The van der Waals surface area contributed by atoms with Gasteiger partial charge in [0.1, 0.15) is 11.6 Å². The molecule has 2 aromatic rings. The van der Waals surface area contributed by atoms with E-state index < -0.39 is 17.9 Å². The molecule has 5 nitrogen and oxygen atoms in total. The second kappa shape index (κ2) is 8.28. The van der Waals surface area contributed by atoms with E-state index in [1.165, 1.54) is 31.2 Å². The van der Waals surface area contributed by atoms with Crippen molar-refractivity contribution in [3.8, 4) is 5.75 Å². The van der Waals surface area contributed by atoms with E-state index in [1.807, 2.05) is 12.1 Å². The number of benzene rings is 2. The van der Waals surface area contributed by atoms with E-state index in [0.29, 0.717) is 17.2 Å². The molecule has 0 fully saturated rings. The average Bonchev–Trinajstić information content (AvgIpc) is 2.61. The summed E-state index contributed by atoms with van der Waals surface area (Å²) in [5.74, 6) is -0.588. The Labute approximate surface area is 146 Å². The Kier molecular flexibility index (Phi) is 6.11. The maximum absolute atomic E-state index is 12.8. The van der Waals surface area contributed by atoms with E-state index >= 15 is 0 Å². The molecule has 2 aromatic carbocycles. The van der Waals surface area contributed by atoms with Crippen LogP contribution in [-0.2, 0) is 4.79 Å². The number of hydrogen-bond acceptors (Lipinski definition) is 3. The molecule has 0 radical (unpaired) electrons. The summed E-state index contributed by atoms with van der Waals surface area (Å²) in [6.07, 6.45) is -0.853. The lowest BCUT2D eigenvalue weighted by atomic mass is 10.0. The van der Waals surface area contributed by atoms with Gasteiger partial charge in [0.2, 0.25) is 0 Å². The second-order valence-electron chi connectivity index (χ2n) is 5.93. The summed E-state index contributed by atoms with van der Waals surface area (Å²) in [6.45, 7) is 5.66. The Morgan fingerprint density at radius 3 is 2.08 bits per heavy atom. The van der Waals surface area contributed by atoms with Crippen molar-refractivity contribution in [1.82, 2.24) is 10.9 Å². The molecule has 2 amide bonds. The van der Waals surface area contributed by atoms with Crippen LogP contribution in [0.4, 0.5) is 4.39 Å². The first-order valence-corrected chi connectivity index (χ1v) is 7.99. The lowest BCUT2D eigenvalue weighted by Crippen LogP contribution is -2.47. The number of ether oxygens (including phenoxy) is 1. The Hall–Kier alpha value is -2.89. The highest BCUT2D eigenvalue weighted by molar-refractivity contribution is 5.95. The zero-order valence-corrected chi connectivity index (χ0v) is 14.4. The Morgan fingerprint density at radius 2 is 1.52 bits per heavy atom. The van der Waals surface area contributed by atoms with Crippen LogP contribution in [-0.4, -0.2) is 17.9 Å². The maximum atomic E-state index is 12.8. The Balaban J connectivity index is 1.85. The Bertz CT molecular complexity index is 727. The molecular formula is C19H21FN2O3. The molecule has 132 valence electrons. The third kappa shape index (κ3) is 5.31. The van der Waals surface area contributed by atoms with Crippen LogP contribution in [0.2, 0.25) is 0 Å². The zero-order chi connectivity index (χ0) is 18.4. The van der Waals surface area contributed by atoms with Gasteiger partial charge in [0.25, 0.3) is 11.8 Å². The van der Waals surface area contributed by atoms with Crippen molar-refractivity contribution in [3.63, 3.8) is 0 Å². The van der Waals surface area contributed by atoms with Crippen molar-refractivity contribution in [2.75, 3.05) is 0 Å². The fraction of sp³-hybridized carbons (Fsp3) is 0.263. The van der Waals surface area contributed by atoms with Gasteiger partial charge in [0.15, 0.2) is 6.10 Å². The van der Waals surface area contributed by atoms with Crippen molar-refractivity contribution in [2.24, 2.45) is 0 Å². The van der Waals surface area contributed by atoms with Crippen molar-refractivity contribution in [1.29, 1.82) is 0 Å². The van der Waals surface area contributed by atoms with Gasteiger partial charge < -0.3 is 4.74 Å². The van der Waals surface area contributed by atoms with E-state index in [9.17, 15) is 14.0 Å². The molecule has 0 aliphatic carbocycles. The van der Waals surface area contributed by atoms with Crippen LogP contribution in [0.5, 0.6) is 5.75 Å². The van der Waals surface area contributed by atoms with E-state index in [1.54, 1.807) is 12.1 Å². The normalized spacial score (nSPS) is 11.7. The molecule has 0 aromatic heterocycles. The van der Waals surface area contributed by atoms with Gasteiger partial charge in [0.05, 0.1) is 0 Å².